The first kappa shape index (κ1) is 17.3. The molecule has 0 heterocycles. The summed E-state index contributed by atoms with van der Waals surface area (Å²) in [6.07, 6.45) is 2.88. The molecule has 126 valence electrons. The van der Waals surface area contributed by atoms with E-state index in [2.05, 4.69) is 5.32 Å². The lowest BCUT2D eigenvalue weighted by Gasteiger charge is -2.26. The summed E-state index contributed by atoms with van der Waals surface area (Å²) in [4.78, 5) is 23.8. The Hall–Kier alpha value is -2.04. The number of nitrogens with one attached hydrogen (secondary N) is 1. The van der Waals surface area contributed by atoms with Crippen molar-refractivity contribution in [2.45, 2.75) is 45.4 Å². The molecule has 0 spiro atoms. The molecule has 0 saturated carbocycles. The van der Waals surface area contributed by atoms with Gasteiger partial charge in [-0.15, -0.1) is 0 Å². The highest BCUT2D eigenvalue weighted by Crippen LogP contribution is 2.36. The number of carbonyl (C=O) groups is 2. The number of carboxylic acid groups (broad SMARTS) is 1. The molecule has 5 heteroatoms. The topological polar surface area (TPSA) is 86.6 Å². The molecule has 1 aromatic carbocycles. The molecular weight excluding hydrogens is 294 g/mol. The van der Waals surface area contributed by atoms with Gasteiger partial charge in [0, 0.05) is 6.54 Å². The van der Waals surface area contributed by atoms with Gasteiger partial charge >= 0.3 is 5.97 Å². The lowest BCUT2D eigenvalue weighted by molar-refractivity contribution is -0.142. The molecule has 1 aliphatic carbocycles. The van der Waals surface area contributed by atoms with Crippen LogP contribution in [-0.4, -0.2) is 28.6 Å². The van der Waals surface area contributed by atoms with Crippen LogP contribution in [0.25, 0.3) is 0 Å². The zero-order chi connectivity index (χ0) is 17.0. The van der Waals surface area contributed by atoms with E-state index in [-0.39, 0.29) is 30.0 Å². The number of phenols is 1. The molecule has 1 aliphatic rings. The first-order valence-electron chi connectivity index (χ1n) is 8.21. The van der Waals surface area contributed by atoms with Gasteiger partial charge in [0.15, 0.2) is 0 Å². The first-order chi connectivity index (χ1) is 10.9. The fourth-order valence-electron chi connectivity index (χ4n) is 3.29. The third kappa shape index (κ3) is 4.24. The van der Waals surface area contributed by atoms with Gasteiger partial charge in [0.25, 0.3) is 0 Å². The van der Waals surface area contributed by atoms with Gasteiger partial charge in [-0.05, 0) is 48.8 Å². The van der Waals surface area contributed by atoms with Crippen LogP contribution in [0.3, 0.4) is 0 Å². The van der Waals surface area contributed by atoms with Crippen molar-refractivity contribution in [1.82, 2.24) is 5.32 Å². The highest BCUT2D eigenvalue weighted by molar-refractivity contribution is 5.85. The maximum Gasteiger partial charge on any atom is 0.308 e. The number of phenolic OH excluding ortho intramolecular Hbond substituents is 1. The van der Waals surface area contributed by atoms with Gasteiger partial charge < -0.3 is 15.5 Å². The summed E-state index contributed by atoms with van der Waals surface area (Å²) in [5.74, 6) is -1.39. The third-order valence-electron chi connectivity index (χ3n) is 4.43. The van der Waals surface area contributed by atoms with E-state index >= 15 is 0 Å². The van der Waals surface area contributed by atoms with E-state index in [0.717, 1.165) is 30.4 Å². The van der Waals surface area contributed by atoms with Crippen LogP contribution in [-0.2, 0) is 16.0 Å². The Balaban J connectivity index is 2.05. The Morgan fingerprint density at radius 1 is 1.35 bits per heavy atom. The number of aliphatic carboxylic acids is 1. The second-order valence-corrected chi connectivity index (χ2v) is 6.70. The summed E-state index contributed by atoms with van der Waals surface area (Å²) >= 11 is 0. The minimum Gasteiger partial charge on any atom is -0.508 e. The van der Waals surface area contributed by atoms with Crippen molar-refractivity contribution in [3.05, 3.63) is 29.3 Å². The fourth-order valence-corrected chi connectivity index (χ4v) is 3.29. The molecule has 1 amide bonds. The number of carboxylic acids is 1. The molecule has 0 fully saturated rings. The number of fused-ring (bicyclic) bond motifs is 1. The van der Waals surface area contributed by atoms with Crippen molar-refractivity contribution >= 4 is 11.9 Å². The van der Waals surface area contributed by atoms with Gasteiger partial charge in [0.05, 0.1) is 11.8 Å². The molecule has 0 saturated heterocycles. The van der Waals surface area contributed by atoms with Crippen molar-refractivity contribution in [2.24, 2.45) is 11.8 Å². The summed E-state index contributed by atoms with van der Waals surface area (Å²) in [7, 11) is 0. The van der Waals surface area contributed by atoms with Crippen LogP contribution in [0.4, 0.5) is 0 Å². The first-order valence-corrected chi connectivity index (χ1v) is 8.21. The summed E-state index contributed by atoms with van der Waals surface area (Å²) in [5.41, 5.74) is 1.71. The monoisotopic (exact) mass is 319 g/mol. The smallest absolute Gasteiger partial charge is 0.308 e. The van der Waals surface area contributed by atoms with Gasteiger partial charge in [-0.25, -0.2) is 0 Å². The Labute approximate surface area is 136 Å². The van der Waals surface area contributed by atoms with Crippen LogP contribution in [0.1, 0.15) is 50.2 Å². The minimum atomic E-state index is -0.874. The predicted molar refractivity (Wildman–Crippen MR) is 87.4 cm³/mol. The van der Waals surface area contributed by atoms with Crippen molar-refractivity contribution in [3.63, 3.8) is 0 Å². The Bertz CT molecular complexity index is 582. The average Bonchev–Trinajstić information content (AvgIpc) is 2.50. The molecule has 0 bridgehead atoms. The molecule has 0 radical (unpaired) electrons. The minimum absolute atomic E-state index is 0.147. The zero-order valence-electron chi connectivity index (χ0n) is 13.7. The van der Waals surface area contributed by atoms with Gasteiger partial charge in [0.2, 0.25) is 5.91 Å². The van der Waals surface area contributed by atoms with Crippen LogP contribution in [0.5, 0.6) is 5.75 Å². The molecule has 3 N–H and O–H groups in total. The highest BCUT2D eigenvalue weighted by Gasteiger charge is 2.29. The largest absolute Gasteiger partial charge is 0.508 e. The van der Waals surface area contributed by atoms with E-state index < -0.39 is 11.9 Å². The van der Waals surface area contributed by atoms with Crippen LogP contribution >= 0.6 is 0 Å². The van der Waals surface area contributed by atoms with Crippen LogP contribution in [0.15, 0.2) is 18.2 Å². The summed E-state index contributed by atoms with van der Waals surface area (Å²) in [6.45, 7) is 4.09. The van der Waals surface area contributed by atoms with Crippen molar-refractivity contribution in [2.75, 3.05) is 6.54 Å². The van der Waals surface area contributed by atoms with E-state index in [1.807, 2.05) is 19.9 Å². The molecule has 5 nitrogen and oxygen atoms in total. The predicted octanol–water partition coefficient (Wildman–Crippen LogP) is 2.68. The zero-order valence-corrected chi connectivity index (χ0v) is 13.7. The molecule has 2 unspecified atom stereocenters. The van der Waals surface area contributed by atoms with Crippen molar-refractivity contribution in [1.29, 1.82) is 0 Å². The van der Waals surface area contributed by atoms with E-state index in [9.17, 15) is 19.8 Å². The molecular formula is C18H25NO4. The summed E-state index contributed by atoms with van der Waals surface area (Å²) in [6, 6.07) is 5.27. The van der Waals surface area contributed by atoms with E-state index in [4.69, 9.17) is 0 Å². The van der Waals surface area contributed by atoms with E-state index in [0.29, 0.717) is 6.42 Å². The van der Waals surface area contributed by atoms with Gasteiger partial charge in [-0.1, -0.05) is 26.0 Å². The Kier molecular flexibility index (Phi) is 5.64. The maximum atomic E-state index is 12.5. The summed E-state index contributed by atoms with van der Waals surface area (Å²) in [5, 5.41) is 22.0. The lowest BCUT2D eigenvalue weighted by atomic mass is 9.81. The van der Waals surface area contributed by atoms with Crippen LogP contribution in [0.2, 0.25) is 0 Å². The quantitative estimate of drug-likeness (QED) is 0.752. The molecule has 2 rings (SSSR count). The van der Waals surface area contributed by atoms with Crippen molar-refractivity contribution in [3.8, 4) is 5.75 Å². The number of benzene rings is 1. The number of hydrogen-bond donors (Lipinski definition) is 3. The standard InChI is InChI=1S/C18H25NO4/c1-11(2)9-12(18(22)23)10-19-17(21)15-7-3-6-14-13(15)5-4-8-16(14)20/h4-5,8,11-12,15,20H,3,6-7,9-10H2,1-2H3,(H,19,21)(H,22,23). The summed E-state index contributed by atoms with van der Waals surface area (Å²) < 4.78 is 0. The third-order valence-corrected chi connectivity index (χ3v) is 4.43. The van der Waals surface area contributed by atoms with E-state index in [1.54, 1.807) is 12.1 Å². The molecule has 23 heavy (non-hydrogen) atoms. The maximum absolute atomic E-state index is 12.5. The Morgan fingerprint density at radius 3 is 2.74 bits per heavy atom. The number of aromatic hydroxyl groups is 1. The van der Waals surface area contributed by atoms with Crippen LogP contribution in [0, 0.1) is 11.8 Å². The normalized spacial score (nSPS) is 18.3. The average molecular weight is 319 g/mol. The lowest BCUT2D eigenvalue weighted by Crippen LogP contribution is -2.37. The van der Waals surface area contributed by atoms with Gasteiger partial charge in [-0.3, -0.25) is 9.59 Å². The number of carbonyl (C=O) groups excluding carboxylic acids is 1. The highest BCUT2D eigenvalue weighted by atomic mass is 16.4. The second kappa shape index (κ2) is 7.49. The van der Waals surface area contributed by atoms with Gasteiger partial charge in [0.1, 0.15) is 5.75 Å². The molecule has 2 atom stereocenters. The Morgan fingerprint density at radius 2 is 2.09 bits per heavy atom. The fraction of sp³-hybridized carbons (Fsp3) is 0.556. The molecule has 1 aromatic rings. The van der Waals surface area contributed by atoms with E-state index in [1.165, 1.54) is 0 Å². The SMILES string of the molecule is CC(C)CC(CNC(=O)C1CCCc2c(O)cccc21)C(=O)O. The molecule has 0 aromatic heterocycles. The number of amides is 1. The number of rotatable bonds is 6. The van der Waals surface area contributed by atoms with Crippen molar-refractivity contribution < 1.29 is 19.8 Å². The second-order valence-electron chi connectivity index (χ2n) is 6.70. The van der Waals surface area contributed by atoms with Crippen LogP contribution < -0.4 is 5.32 Å². The molecule has 0 aliphatic heterocycles. The number of hydrogen-bond acceptors (Lipinski definition) is 3. The van der Waals surface area contributed by atoms with Gasteiger partial charge in [-0.2, -0.15) is 0 Å².